The fraction of sp³-hybridized carbons (Fsp3) is 0.280. The van der Waals surface area contributed by atoms with Crippen molar-refractivity contribution < 1.29 is 13.9 Å². The first-order valence-electron chi connectivity index (χ1n) is 10.1. The largest absolute Gasteiger partial charge is 0.493 e. The van der Waals surface area contributed by atoms with Gasteiger partial charge in [0.05, 0.1) is 11.6 Å². The van der Waals surface area contributed by atoms with Crippen LogP contribution < -0.4 is 14.8 Å². The number of halogens is 2. The zero-order chi connectivity index (χ0) is 21.3. The summed E-state index contributed by atoms with van der Waals surface area (Å²) >= 11 is 3.59. The van der Waals surface area contributed by atoms with Gasteiger partial charge in [0.25, 0.3) is 0 Å². The van der Waals surface area contributed by atoms with E-state index in [1.165, 1.54) is 11.6 Å². The van der Waals surface area contributed by atoms with Gasteiger partial charge in [-0.15, -0.1) is 0 Å². The summed E-state index contributed by atoms with van der Waals surface area (Å²) in [4.78, 5) is 0. The molecule has 30 heavy (non-hydrogen) atoms. The van der Waals surface area contributed by atoms with Gasteiger partial charge < -0.3 is 14.8 Å². The van der Waals surface area contributed by atoms with Gasteiger partial charge >= 0.3 is 0 Å². The van der Waals surface area contributed by atoms with Crippen molar-refractivity contribution in [2.24, 2.45) is 0 Å². The molecule has 0 aliphatic heterocycles. The maximum atomic E-state index is 13.9. The van der Waals surface area contributed by atoms with E-state index in [4.69, 9.17) is 9.47 Å². The molecule has 0 heterocycles. The summed E-state index contributed by atoms with van der Waals surface area (Å²) in [5.41, 5.74) is 2.87. The first-order chi connectivity index (χ1) is 14.6. The molecule has 0 fully saturated rings. The van der Waals surface area contributed by atoms with Crippen LogP contribution in [-0.2, 0) is 13.2 Å². The second kappa shape index (κ2) is 11.1. The zero-order valence-electron chi connectivity index (χ0n) is 17.3. The summed E-state index contributed by atoms with van der Waals surface area (Å²) in [6.07, 6.45) is 2.16. The number of rotatable bonds is 10. The number of nitrogens with one attached hydrogen (secondary N) is 1. The quantitative estimate of drug-likeness (QED) is 0.352. The smallest absolute Gasteiger partial charge is 0.175 e. The number of benzene rings is 3. The van der Waals surface area contributed by atoms with Crippen molar-refractivity contribution in [2.45, 2.75) is 39.0 Å². The molecule has 3 aromatic carbocycles. The molecule has 0 radical (unpaired) electrons. The SMILES string of the molecule is CCCC(NCc1cc(Br)c(OCc2ccccc2F)c(OC)c1)c1ccccc1. The van der Waals surface area contributed by atoms with Crippen molar-refractivity contribution in [3.05, 3.63) is 93.7 Å². The van der Waals surface area contributed by atoms with Gasteiger partial charge in [0.2, 0.25) is 0 Å². The van der Waals surface area contributed by atoms with Gasteiger partial charge in [-0.2, -0.15) is 0 Å². The topological polar surface area (TPSA) is 30.5 Å². The highest BCUT2D eigenvalue weighted by atomic mass is 79.9. The molecule has 0 saturated heterocycles. The Morgan fingerprint density at radius 1 is 1.03 bits per heavy atom. The van der Waals surface area contributed by atoms with Crippen LogP contribution in [0.25, 0.3) is 0 Å². The van der Waals surface area contributed by atoms with Crippen LogP contribution in [0.3, 0.4) is 0 Å². The van der Waals surface area contributed by atoms with Crippen LogP contribution in [0, 0.1) is 5.82 Å². The predicted octanol–water partition coefficient (Wildman–Crippen LogP) is 6.81. The molecule has 1 unspecified atom stereocenters. The Hall–Kier alpha value is -2.37. The fourth-order valence-corrected chi connectivity index (χ4v) is 3.99. The molecule has 0 bridgehead atoms. The van der Waals surface area contributed by atoms with Crippen molar-refractivity contribution in [1.29, 1.82) is 0 Å². The van der Waals surface area contributed by atoms with Gasteiger partial charge in [-0.25, -0.2) is 4.39 Å². The van der Waals surface area contributed by atoms with E-state index < -0.39 is 0 Å². The van der Waals surface area contributed by atoms with Crippen molar-refractivity contribution in [3.63, 3.8) is 0 Å². The summed E-state index contributed by atoms with van der Waals surface area (Å²) in [5.74, 6) is 0.901. The second-order valence-corrected chi connectivity index (χ2v) is 7.98. The number of hydrogen-bond acceptors (Lipinski definition) is 3. The highest BCUT2D eigenvalue weighted by molar-refractivity contribution is 9.10. The molecule has 3 rings (SSSR count). The normalized spacial score (nSPS) is 11.9. The van der Waals surface area contributed by atoms with E-state index in [9.17, 15) is 4.39 Å². The Morgan fingerprint density at radius 3 is 2.47 bits per heavy atom. The Morgan fingerprint density at radius 2 is 1.77 bits per heavy atom. The number of ether oxygens (including phenoxy) is 2. The van der Waals surface area contributed by atoms with Gasteiger partial charge in [-0.3, -0.25) is 0 Å². The Kier molecular flexibility index (Phi) is 8.29. The summed E-state index contributed by atoms with van der Waals surface area (Å²) in [5, 5.41) is 3.65. The zero-order valence-corrected chi connectivity index (χ0v) is 18.9. The highest BCUT2D eigenvalue weighted by Crippen LogP contribution is 2.37. The monoisotopic (exact) mass is 471 g/mol. The van der Waals surface area contributed by atoms with Crippen molar-refractivity contribution >= 4 is 15.9 Å². The summed E-state index contributed by atoms with van der Waals surface area (Å²) < 4.78 is 26.1. The van der Waals surface area contributed by atoms with Gasteiger partial charge in [0.1, 0.15) is 12.4 Å². The third kappa shape index (κ3) is 5.83. The minimum absolute atomic E-state index is 0.131. The van der Waals surface area contributed by atoms with Crippen LogP contribution in [0.5, 0.6) is 11.5 Å². The standard InChI is InChI=1S/C25H27BrFNO2/c1-3-9-23(19-10-5-4-6-11-19)28-16-18-14-21(26)25(24(15-18)29-2)30-17-20-12-7-8-13-22(20)27/h4-8,10-15,23,28H,3,9,16-17H2,1-2H3. The van der Waals surface area contributed by atoms with E-state index in [1.54, 1.807) is 25.3 Å². The minimum Gasteiger partial charge on any atom is -0.493 e. The lowest BCUT2D eigenvalue weighted by molar-refractivity contribution is 0.277. The molecule has 5 heteroatoms. The van der Waals surface area contributed by atoms with Gasteiger partial charge in [-0.05, 0) is 51.7 Å². The first kappa shape index (κ1) is 22.3. The van der Waals surface area contributed by atoms with Crippen molar-refractivity contribution in [2.75, 3.05) is 7.11 Å². The van der Waals surface area contributed by atoms with E-state index in [2.05, 4.69) is 52.4 Å². The van der Waals surface area contributed by atoms with E-state index in [0.717, 1.165) is 22.9 Å². The molecule has 1 N–H and O–H groups in total. The minimum atomic E-state index is -0.281. The van der Waals surface area contributed by atoms with Crippen LogP contribution in [-0.4, -0.2) is 7.11 Å². The third-order valence-corrected chi connectivity index (χ3v) is 5.54. The summed E-state index contributed by atoms with van der Waals surface area (Å²) in [6, 6.07) is 21.4. The number of hydrogen-bond donors (Lipinski definition) is 1. The van der Waals surface area contributed by atoms with Gasteiger partial charge in [0.15, 0.2) is 11.5 Å². The molecule has 3 aromatic rings. The second-order valence-electron chi connectivity index (χ2n) is 7.12. The average Bonchev–Trinajstić information content (AvgIpc) is 2.77. The van der Waals surface area contributed by atoms with E-state index >= 15 is 0 Å². The van der Waals surface area contributed by atoms with E-state index in [0.29, 0.717) is 23.6 Å². The third-order valence-electron chi connectivity index (χ3n) is 4.95. The lowest BCUT2D eigenvalue weighted by atomic mass is 10.0. The molecule has 0 aliphatic rings. The van der Waals surface area contributed by atoms with Crippen LogP contribution in [0.2, 0.25) is 0 Å². The summed E-state index contributed by atoms with van der Waals surface area (Å²) in [7, 11) is 1.61. The number of methoxy groups -OCH3 is 1. The molecular weight excluding hydrogens is 445 g/mol. The average molecular weight is 472 g/mol. The molecule has 3 nitrogen and oxygen atoms in total. The van der Waals surface area contributed by atoms with Crippen molar-refractivity contribution in [3.8, 4) is 11.5 Å². The highest BCUT2D eigenvalue weighted by Gasteiger charge is 2.15. The molecule has 0 aromatic heterocycles. The molecule has 158 valence electrons. The van der Waals surface area contributed by atoms with Crippen LogP contribution in [0.1, 0.15) is 42.5 Å². The molecular formula is C25H27BrFNO2. The maximum absolute atomic E-state index is 13.9. The summed E-state index contributed by atoms with van der Waals surface area (Å²) in [6.45, 7) is 3.02. The molecule has 0 spiro atoms. The van der Waals surface area contributed by atoms with Gasteiger partial charge in [0, 0.05) is 18.2 Å². The molecule has 0 aliphatic carbocycles. The van der Waals surface area contributed by atoms with E-state index in [-0.39, 0.29) is 18.5 Å². The first-order valence-corrected chi connectivity index (χ1v) is 10.9. The van der Waals surface area contributed by atoms with Crippen LogP contribution >= 0.6 is 15.9 Å². The fourth-order valence-electron chi connectivity index (χ4n) is 3.38. The predicted molar refractivity (Wildman–Crippen MR) is 122 cm³/mol. The molecule has 0 saturated carbocycles. The lowest BCUT2D eigenvalue weighted by Gasteiger charge is -2.20. The lowest BCUT2D eigenvalue weighted by Crippen LogP contribution is -2.20. The van der Waals surface area contributed by atoms with Gasteiger partial charge in [-0.1, -0.05) is 61.9 Å². The maximum Gasteiger partial charge on any atom is 0.175 e. The Labute approximate surface area is 186 Å². The molecule has 0 amide bonds. The van der Waals surface area contributed by atoms with Crippen LogP contribution in [0.4, 0.5) is 4.39 Å². The van der Waals surface area contributed by atoms with E-state index in [1.807, 2.05) is 18.2 Å². The van der Waals surface area contributed by atoms with Crippen molar-refractivity contribution in [1.82, 2.24) is 5.32 Å². The van der Waals surface area contributed by atoms with Crippen LogP contribution in [0.15, 0.2) is 71.2 Å². The molecule has 1 atom stereocenters. The Bertz CT molecular complexity index is 949. The Balaban J connectivity index is 1.72.